The molecular formula is C22H21N4+. The zero-order chi connectivity index (χ0) is 17.8. The first-order valence-electron chi connectivity index (χ1n) is 9.03. The summed E-state index contributed by atoms with van der Waals surface area (Å²) in [6.07, 6.45) is 17.0. The number of pyridine rings is 2. The van der Waals surface area contributed by atoms with E-state index in [1.165, 1.54) is 22.1 Å². The van der Waals surface area contributed by atoms with Crippen molar-refractivity contribution in [3.05, 3.63) is 82.9 Å². The van der Waals surface area contributed by atoms with Crippen LogP contribution in [0, 0.1) is 11.3 Å². The van der Waals surface area contributed by atoms with Crippen LogP contribution in [0.1, 0.15) is 24.8 Å². The van der Waals surface area contributed by atoms with E-state index in [9.17, 15) is 0 Å². The number of quaternary nitrogens is 1. The summed E-state index contributed by atoms with van der Waals surface area (Å²) in [5, 5.41) is 11.1. The highest BCUT2D eigenvalue weighted by Crippen LogP contribution is 2.35. The van der Waals surface area contributed by atoms with Gasteiger partial charge in [-0.25, -0.2) is 4.98 Å². The summed E-state index contributed by atoms with van der Waals surface area (Å²) >= 11 is 0. The van der Waals surface area contributed by atoms with Crippen molar-refractivity contribution >= 4 is 11.8 Å². The second-order valence-electron chi connectivity index (χ2n) is 6.78. The van der Waals surface area contributed by atoms with Crippen LogP contribution < -0.4 is 10.6 Å². The van der Waals surface area contributed by atoms with Crippen LogP contribution in [0.25, 0.3) is 11.8 Å². The number of hydrogen-bond donors (Lipinski definition) is 0. The summed E-state index contributed by atoms with van der Waals surface area (Å²) in [5.74, 6) is 0. The number of rotatable bonds is 6. The second-order valence-corrected chi connectivity index (χ2v) is 6.78. The molecule has 2 aromatic heterocycles. The quantitative estimate of drug-likeness (QED) is 0.599. The van der Waals surface area contributed by atoms with E-state index in [4.69, 9.17) is 10.2 Å². The van der Waals surface area contributed by atoms with Gasteiger partial charge in [0.2, 0.25) is 0 Å². The highest BCUT2D eigenvalue weighted by atomic mass is 15.4. The smallest absolute Gasteiger partial charge is 0.171 e. The summed E-state index contributed by atoms with van der Waals surface area (Å²) < 4.78 is 0.738. The van der Waals surface area contributed by atoms with Crippen molar-refractivity contribution in [2.45, 2.75) is 25.8 Å². The molecule has 0 bridgehead atoms. The Bertz CT molecular complexity index is 1030. The van der Waals surface area contributed by atoms with Crippen molar-refractivity contribution in [2.24, 2.45) is 0 Å². The van der Waals surface area contributed by atoms with Crippen LogP contribution in [0.5, 0.6) is 0 Å². The van der Waals surface area contributed by atoms with Crippen LogP contribution >= 0.6 is 0 Å². The van der Waals surface area contributed by atoms with E-state index in [1.54, 1.807) is 0 Å². The van der Waals surface area contributed by atoms with Crippen LogP contribution in [-0.4, -0.2) is 21.0 Å². The van der Waals surface area contributed by atoms with E-state index in [1.807, 2.05) is 24.7 Å². The number of hydrogen-bond acceptors (Lipinski definition) is 3. The monoisotopic (exact) mass is 341 g/mol. The zero-order valence-electron chi connectivity index (χ0n) is 14.7. The van der Waals surface area contributed by atoms with Crippen molar-refractivity contribution in [1.82, 2.24) is 9.97 Å². The van der Waals surface area contributed by atoms with Crippen LogP contribution in [-0.2, 0) is 6.54 Å². The predicted octanol–water partition coefficient (Wildman–Crippen LogP) is 2.54. The maximum absolute atomic E-state index is 8.88. The van der Waals surface area contributed by atoms with Gasteiger partial charge in [0, 0.05) is 41.4 Å². The molecule has 1 aliphatic carbocycles. The first kappa shape index (κ1) is 16.4. The van der Waals surface area contributed by atoms with Crippen LogP contribution in [0.3, 0.4) is 0 Å². The predicted molar refractivity (Wildman–Crippen MR) is 101 cm³/mol. The van der Waals surface area contributed by atoms with Crippen LogP contribution in [0.2, 0.25) is 0 Å². The Labute approximate surface area is 153 Å². The van der Waals surface area contributed by atoms with Gasteiger partial charge in [0.1, 0.15) is 18.1 Å². The summed E-state index contributed by atoms with van der Waals surface area (Å²) in [6, 6.07) is 10.5. The van der Waals surface area contributed by atoms with Gasteiger partial charge < -0.3 is 0 Å². The van der Waals surface area contributed by atoms with E-state index >= 15 is 0 Å². The third kappa shape index (κ3) is 2.98. The molecule has 2 aromatic rings. The molecule has 128 valence electrons. The minimum absolute atomic E-state index is 0.609. The number of allylic oxidation sites excluding steroid dienone is 2. The Morgan fingerprint density at radius 2 is 1.96 bits per heavy atom. The molecule has 0 saturated heterocycles. The topological polar surface area (TPSA) is 49.6 Å². The van der Waals surface area contributed by atoms with Crippen molar-refractivity contribution in [3.8, 4) is 6.07 Å². The lowest BCUT2D eigenvalue weighted by atomic mass is 10.0. The molecule has 0 fully saturated rings. The van der Waals surface area contributed by atoms with Gasteiger partial charge in [-0.15, -0.1) is 0 Å². The molecule has 1 unspecified atom stereocenters. The van der Waals surface area contributed by atoms with Crippen molar-refractivity contribution < 1.29 is 4.48 Å². The molecule has 0 radical (unpaired) electrons. The normalized spacial score (nSPS) is 20.0. The fraction of sp³-hybridized carbons (Fsp3) is 0.227. The van der Waals surface area contributed by atoms with E-state index in [2.05, 4.69) is 53.7 Å². The summed E-state index contributed by atoms with van der Waals surface area (Å²) in [7, 11) is 0. The largest absolute Gasteiger partial charge is 0.265 e. The second kappa shape index (κ2) is 7.07. The third-order valence-electron chi connectivity index (χ3n) is 5.05. The number of unbranched alkanes of at least 4 members (excludes halogenated alkanes) is 2. The van der Waals surface area contributed by atoms with E-state index in [0.29, 0.717) is 6.42 Å². The fourth-order valence-electron chi connectivity index (χ4n) is 3.89. The third-order valence-corrected chi connectivity index (χ3v) is 5.05. The standard InChI is InChI=1S/C22H21N4/c23-10-2-1-3-14-26(17-18-8-12-24-13-9-18)15-5-7-20-16-19-6-4-11-25-21(19)22(20)26/h4-9,11-13,15-16H,1-3,14,17H2/q+1. The number of nitrogens with zero attached hydrogens (tertiary/aromatic N) is 4. The number of aromatic nitrogens is 2. The lowest BCUT2D eigenvalue weighted by Crippen LogP contribution is -2.46. The number of fused-ring (bicyclic) bond motifs is 2. The Balaban J connectivity index is 1.80. The summed E-state index contributed by atoms with van der Waals surface area (Å²) in [6.45, 7) is 1.82. The van der Waals surface area contributed by atoms with Crippen LogP contribution in [0.15, 0.2) is 66.8 Å². The number of nitriles is 1. The average Bonchev–Trinajstić information content (AvgIpc) is 3.06. The Hall–Kier alpha value is -3.03. The Kier molecular flexibility index (Phi) is 4.47. The average molecular weight is 341 g/mol. The van der Waals surface area contributed by atoms with Gasteiger partial charge in [0.15, 0.2) is 5.70 Å². The van der Waals surface area contributed by atoms with Gasteiger partial charge in [-0.3, -0.25) is 9.47 Å². The van der Waals surface area contributed by atoms with E-state index < -0.39 is 0 Å². The molecule has 0 aromatic carbocycles. The maximum atomic E-state index is 8.88. The molecule has 4 heteroatoms. The summed E-state index contributed by atoms with van der Waals surface area (Å²) in [4.78, 5) is 8.85. The van der Waals surface area contributed by atoms with Gasteiger partial charge in [0.25, 0.3) is 0 Å². The molecule has 3 heterocycles. The molecule has 0 N–H and O–H groups in total. The fourth-order valence-corrected chi connectivity index (χ4v) is 3.89. The molecule has 2 aliphatic rings. The minimum atomic E-state index is 0.609. The molecule has 1 aliphatic heterocycles. The van der Waals surface area contributed by atoms with Gasteiger partial charge in [0.05, 0.1) is 12.6 Å². The van der Waals surface area contributed by atoms with E-state index in [0.717, 1.165) is 35.8 Å². The maximum Gasteiger partial charge on any atom is 0.171 e. The minimum Gasteiger partial charge on any atom is -0.265 e. The zero-order valence-corrected chi connectivity index (χ0v) is 14.7. The van der Waals surface area contributed by atoms with Crippen molar-refractivity contribution in [1.29, 1.82) is 5.26 Å². The molecule has 1 atom stereocenters. The van der Waals surface area contributed by atoms with Gasteiger partial charge in [-0.05, 0) is 49.3 Å². The lowest BCUT2D eigenvalue weighted by molar-refractivity contribution is -0.823. The SMILES string of the molecule is N#CCCCC[N+]1(Cc2ccncc2)C=CC=C2C=c3cccnc3=C21. The molecule has 4 nitrogen and oxygen atoms in total. The lowest BCUT2D eigenvalue weighted by Gasteiger charge is -2.37. The molecular weight excluding hydrogens is 320 g/mol. The Morgan fingerprint density at radius 1 is 1.08 bits per heavy atom. The molecule has 0 amide bonds. The molecule has 4 rings (SSSR count). The highest BCUT2D eigenvalue weighted by Gasteiger charge is 2.37. The molecule has 0 spiro atoms. The summed E-state index contributed by atoms with van der Waals surface area (Å²) in [5.41, 5.74) is 3.77. The van der Waals surface area contributed by atoms with Gasteiger partial charge in [-0.2, -0.15) is 5.26 Å². The Morgan fingerprint density at radius 3 is 2.81 bits per heavy atom. The molecule has 0 saturated carbocycles. The van der Waals surface area contributed by atoms with Crippen molar-refractivity contribution in [3.63, 3.8) is 0 Å². The van der Waals surface area contributed by atoms with Crippen molar-refractivity contribution in [2.75, 3.05) is 6.54 Å². The molecule has 26 heavy (non-hydrogen) atoms. The van der Waals surface area contributed by atoms with Crippen LogP contribution in [0.4, 0.5) is 0 Å². The first-order chi connectivity index (χ1) is 12.8. The van der Waals surface area contributed by atoms with Gasteiger partial charge in [-0.1, -0.05) is 6.07 Å². The van der Waals surface area contributed by atoms with Gasteiger partial charge >= 0.3 is 0 Å². The highest BCUT2D eigenvalue weighted by molar-refractivity contribution is 5.78. The van der Waals surface area contributed by atoms with E-state index in [-0.39, 0.29) is 0 Å². The first-order valence-corrected chi connectivity index (χ1v) is 9.03.